The van der Waals surface area contributed by atoms with Crippen molar-refractivity contribution in [2.24, 2.45) is 10.4 Å². The van der Waals surface area contributed by atoms with E-state index in [1.807, 2.05) is 0 Å². The van der Waals surface area contributed by atoms with Crippen LogP contribution in [-0.4, -0.2) is 20.5 Å². The Morgan fingerprint density at radius 2 is 2.25 bits per heavy atom. The predicted octanol–water partition coefficient (Wildman–Crippen LogP) is 1.63. The maximum Gasteiger partial charge on any atom is 0.271 e. The third-order valence-corrected chi connectivity index (χ3v) is 3.27. The van der Waals surface area contributed by atoms with Gasteiger partial charge in [0.05, 0.1) is 15.9 Å². The number of nitroso groups, excluding NO2 is 1. The number of carbonyl (C=O) groups is 1. The second kappa shape index (κ2) is 5.48. The van der Waals surface area contributed by atoms with Gasteiger partial charge in [0, 0.05) is 19.1 Å². The summed E-state index contributed by atoms with van der Waals surface area (Å²) >= 11 is 0.873. The fourth-order valence-electron chi connectivity index (χ4n) is 1.43. The maximum absolute atomic E-state index is 11.3. The second-order valence-corrected chi connectivity index (χ2v) is 4.57. The summed E-state index contributed by atoms with van der Waals surface area (Å²) in [5.74, 6) is -0.304. The van der Waals surface area contributed by atoms with Crippen molar-refractivity contribution in [3.8, 4) is 5.69 Å². The fourth-order valence-corrected chi connectivity index (χ4v) is 2.18. The normalized spacial score (nSPS) is 11.3. The summed E-state index contributed by atoms with van der Waals surface area (Å²) < 4.78 is 1.16. The van der Waals surface area contributed by atoms with Crippen LogP contribution in [0.25, 0.3) is 5.69 Å². The molecule has 1 heterocycles. The summed E-state index contributed by atoms with van der Waals surface area (Å²) in [5.41, 5.74) is 0.169. The van der Waals surface area contributed by atoms with Crippen LogP contribution < -0.4 is 4.80 Å². The molecule has 0 spiro atoms. The van der Waals surface area contributed by atoms with Crippen LogP contribution in [0.1, 0.15) is 16.7 Å². The van der Waals surface area contributed by atoms with E-state index < -0.39 is 4.92 Å². The largest absolute Gasteiger partial charge is 0.292 e. The van der Waals surface area contributed by atoms with Crippen molar-refractivity contribution < 1.29 is 9.72 Å². The Balaban J connectivity index is 2.65. The number of ketones is 1. The maximum atomic E-state index is 11.3. The van der Waals surface area contributed by atoms with Crippen LogP contribution >= 0.6 is 11.3 Å². The van der Waals surface area contributed by atoms with E-state index >= 15 is 0 Å². The predicted molar refractivity (Wildman–Crippen MR) is 69.5 cm³/mol. The van der Waals surface area contributed by atoms with Crippen LogP contribution in [0.15, 0.2) is 34.7 Å². The molecule has 2 rings (SSSR count). The van der Waals surface area contributed by atoms with E-state index in [1.165, 1.54) is 25.1 Å². The van der Waals surface area contributed by atoms with Crippen molar-refractivity contribution in [1.82, 2.24) is 9.78 Å². The van der Waals surface area contributed by atoms with Crippen LogP contribution in [-0.2, 0) is 0 Å². The number of nitro groups is 1. The molecular formula is C10H7N5O4S. The van der Waals surface area contributed by atoms with E-state index in [1.54, 1.807) is 6.07 Å². The Hall–Kier alpha value is -2.75. The number of Topliss-reactive ketones (excluding diaryl/α,β-unsaturated/α-hetero) is 1. The molecule has 0 bridgehead atoms. The summed E-state index contributed by atoms with van der Waals surface area (Å²) in [6.07, 6.45) is 0. The number of hydrogen-bond donors (Lipinski definition) is 0. The number of hydrogen-bond acceptors (Lipinski definition) is 7. The minimum Gasteiger partial charge on any atom is -0.292 e. The summed E-state index contributed by atoms with van der Waals surface area (Å²) in [4.78, 5) is 31.8. The lowest BCUT2D eigenvalue weighted by Gasteiger charge is -1.99. The first-order valence-electron chi connectivity index (χ1n) is 5.25. The molecule has 0 unspecified atom stereocenters. The Morgan fingerprint density at radius 1 is 1.50 bits per heavy atom. The Kier molecular flexibility index (Phi) is 3.75. The molecule has 0 atom stereocenters. The van der Waals surface area contributed by atoms with Crippen molar-refractivity contribution in [3.63, 3.8) is 0 Å². The average molecular weight is 293 g/mol. The van der Waals surface area contributed by atoms with Gasteiger partial charge in [0.1, 0.15) is 0 Å². The topological polar surface area (TPSA) is 120 Å². The van der Waals surface area contributed by atoms with Crippen molar-refractivity contribution in [1.29, 1.82) is 0 Å². The molecule has 0 aliphatic heterocycles. The molecular weight excluding hydrogens is 286 g/mol. The Labute approximate surface area is 115 Å². The van der Waals surface area contributed by atoms with Gasteiger partial charge in [-0.25, -0.2) is 4.68 Å². The lowest BCUT2D eigenvalue weighted by molar-refractivity contribution is -0.384. The third kappa shape index (κ3) is 2.64. The van der Waals surface area contributed by atoms with E-state index in [-0.39, 0.29) is 21.3 Å². The molecule has 0 saturated heterocycles. The van der Waals surface area contributed by atoms with Gasteiger partial charge in [-0.2, -0.15) is 5.10 Å². The lowest BCUT2D eigenvalue weighted by atomic mass is 10.3. The standard InChI is InChI=1S/C10H7N5O4S/c1-6(16)9-12-14(10(20-9)11-13-17)7-3-2-4-8(5-7)15(18)19/h2-5H,1H3/b11-10-. The molecule has 0 aliphatic rings. The zero-order valence-corrected chi connectivity index (χ0v) is 10.9. The number of rotatable bonds is 4. The lowest BCUT2D eigenvalue weighted by Crippen LogP contribution is -2.14. The number of aromatic nitrogens is 2. The Morgan fingerprint density at radius 3 is 2.85 bits per heavy atom. The number of nitro benzene ring substituents is 1. The Bertz CT molecular complexity index is 763. The number of carbonyl (C=O) groups excluding carboxylic acids is 1. The van der Waals surface area contributed by atoms with E-state index in [0.29, 0.717) is 5.69 Å². The highest BCUT2D eigenvalue weighted by Gasteiger charge is 2.13. The third-order valence-electron chi connectivity index (χ3n) is 2.27. The summed E-state index contributed by atoms with van der Waals surface area (Å²) in [6, 6.07) is 5.58. The molecule has 0 aliphatic carbocycles. The molecule has 2 aromatic rings. The molecule has 9 nitrogen and oxygen atoms in total. The van der Waals surface area contributed by atoms with Crippen LogP contribution in [0.2, 0.25) is 0 Å². The summed E-state index contributed by atoms with van der Waals surface area (Å²) in [6.45, 7) is 1.31. The monoisotopic (exact) mass is 293 g/mol. The first-order chi connectivity index (χ1) is 9.52. The zero-order valence-electron chi connectivity index (χ0n) is 10.1. The van der Waals surface area contributed by atoms with Crippen LogP contribution in [0.4, 0.5) is 5.69 Å². The SMILES string of the molecule is CC(=O)c1nn(-c2cccc([N+](=O)[O-])c2)/c(=N/N=O)s1. The second-order valence-electron chi connectivity index (χ2n) is 3.62. The van der Waals surface area contributed by atoms with Gasteiger partial charge in [-0.15, -0.1) is 4.91 Å². The molecule has 102 valence electrons. The summed E-state index contributed by atoms with van der Waals surface area (Å²) in [7, 11) is 0. The highest BCUT2D eigenvalue weighted by atomic mass is 32.1. The van der Waals surface area contributed by atoms with Crippen molar-refractivity contribution in [2.75, 3.05) is 0 Å². The molecule has 20 heavy (non-hydrogen) atoms. The van der Waals surface area contributed by atoms with Crippen LogP contribution in [0.3, 0.4) is 0 Å². The van der Waals surface area contributed by atoms with Gasteiger partial charge < -0.3 is 0 Å². The molecule has 0 fully saturated rings. The smallest absolute Gasteiger partial charge is 0.271 e. The van der Waals surface area contributed by atoms with Gasteiger partial charge in [0.25, 0.3) is 5.69 Å². The molecule has 0 saturated carbocycles. The molecule has 1 aromatic carbocycles. The van der Waals surface area contributed by atoms with Gasteiger partial charge in [-0.05, 0) is 6.07 Å². The minimum absolute atomic E-state index is 0.0608. The van der Waals surface area contributed by atoms with Crippen molar-refractivity contribution >= 4 is 22.8 Å². The van der Waals surface area contributed by atoms with Gasteiger partial charge in [-0.3, -0.25) is 14.9 Å². The van der Waals surface area contributed by atoms with Gasteiger partial charge in [0.2, 0.25) is 4.80 Å². The molecule has 0 N–H and O–H groups in total. The summed E-state index contributed by atoms with van der Waals surface area (Å²) in [5, 5.41) is 20.6. The van der Waals surface area contributed by atoms with E-state index in [0.717, 1.165) is 16.0 Å². The molecule has 0 radical (unpaired) electrons. The van der Waals surface area contributed by atoms with Gasteiger partial charge >= 0.3 is 0 Å². The van der Waals surface area contributed by atoms with E-state index in [2.05, 4.69) is 15.5 Å². The quantitative estimate of drug-likeness (QED) is 0.367. The zero-order chi connectivity index (χ0) is 14.7. The number of benzene rings is 1. The first-order valence-corrected chi connectivity index (χ1v) is 6.07. The van der Waals surface area contributed by atoms with Gasteiger partial charge in [-0.1, -0.05) is 22.5 Å². The van der Waals surface area contributed by atoms with Crippen molar-refractivity contribution in [2.45, 2.75) is 6.92 Å². The molecule has 0 amide bonds. The fraction of sp³-hybridized carbons (Fsp3) is 0.100. The highest BCUT2D eigenvalue weighted by molar-refractivity contribution is 7.10. The minimum atomic E-state index is -0.558. The van der Waals surface area contributed by atoms with Crippen molar-refractivity contribution in [3.05, 3.63) is 49.1 Å². The van der Waals surface area contributed by atoms with Crippen LogP contribution in [0.5, 0.6) is 0 Å². The molecule has 1 aromatic heterocycles. The van der Waals surface area contributed by atoms with Gasteiger partial charge in [0.15, 0.2) is 10.8 Å². The average Bonchev–Trinajstić information content (AvgIpc) is 2.83. The first kappa shape index (κ1) is 13.7. The highest BCUT2D eigenvalue weighted by Crippen LogP contribution is 2.16. The van der Waals surface area contributed by atoms with E-state index in [4.69, 9.17) is 0 Å². The number of nitrogens with zero attached hydrogens (tertiary/aromatic N) is 5. The van der Waals surface area contributed by atoms with Crippen LogP contribution in [0, 0.1) is 15.0 Å². The van der Waals surface area contributed by atoms with E-state index in [9.17, 15) is 19.8 Å². The number of non-ortho nitro benzene ring substituents is 1. The molecule has 10 heteroatoms.